The topological polar surface area (TPSA) is 105 Å². The number of hydrogen-bond donors (Lipinski definition) is 3. The van der Waals surface area contributed by atoms with E-state index in [-0.39, 0.29) is 48.8 Å². The maximum atomic E-state index is 13.5. The highest BCUT2D eigenvalue weighted by Crippen LogP contribution is 2.24. The lowest BCUT2D eigenvalue weighted by molar-refractivity contribution is -0.151. The Bertz CT molecular complexity index is 1130. The summed E-state index contributed by atoms with van der Waals surface area (Å²) in [4.78, 5) is 39.7. The third-order valence-electron chi connectivity index (χ3n) is 7.64. The normalized spacial score (nSPS) is 21.7. The van der Waals surface area contributed by atoms with Gasteiger partial charge in [0.15, 0.2) is 0 Å². The fraction of sp³-hybridized carbons (Fsp3) is 0.500. The van der Waals surface area contributed by atoms with Crippen LogP contribution in [0.5, 0.6) is 0 Å². The van der Waals surface area contributed by atoms with Crippen LogP contribution in [0.15, 0.2) is 72.8 Å². The zero-order valence-electron chi connectivity index (χ0n) is 24.7. The first-order valence-electron chi connectivity index (χ1n) is 14.8. The summed E-state index contributed by atoms with van der Waals surface area (Å²) in [5.74, 6) is -1.62. The number of esters is 1. The molecule has 0 unspecified atom stereocenters. The Morgan fingerprint density at radius 2 is 1.66 bits per heavy atom. The third-order valence-corrected chi connectivity index (χ3v) is 7.64. The quantitative estimate of drug-likeness (QED) is 0.317. The average molecular weight is 563 g/mol. The van der Waals surface area contributed by atoms with Crippen molar-refractivity contribution in [2.45, 2.75) is 77.8 Å². The minimum absolute atomic E-state index is 0.00271. The number of aliphatic hydroxyl groups is 1. The Hall–Kier alpha value is -3.45. The minimum Gasteiger partial charge on any atom is -0.463 e. The molecule has 1 aliphatic rings. The molecule has 0 aromatic heterocycles. The molecule has 41 heavy (non-hydrogen) atoms. The van der Waals surface area contributed by atoms with Gasteiger partial charge in [-0.2, -0.15) is 0 Å². The van der Waals surface area contributed by atoms with E-state index in [1.54, 1.807) is 0 Å². The lowest BCUT2D eigenvalue weighted by Crippen LogP contribution is -2.50. The van der Waals surface area contributed by atoms with Crippen LogP contribution in [0.4, 0.5) is 0 Å². The second-order valence-electron chi connectivity index (χ2n) is 12.1. The number of allylic oxidation sites excluding steroid dienone is 2. The van der Waals surface area contributed by atoms with Gasteiger partial charge in [0.2, 0.25) is 11.8 Å². The Kier molecular flexibility index (Phi) is 12.6. The summed E-state index contributed by atoms with van der Waals surface area (Å²) in [6.45, 7) is 5.85. The first kappa shape index (κ1) is 32.1. The molecule has 7 heteroatoms. The van der Waals surface area contributed by atoms with Gasteiger partial charge in [0.25, 0.3) is 0 Å². The monoisotopic (exact) mass is 562 g/mol. The molecule has 1 heterocycles. The van der Waals surface area contributed by atoms with E-state index in [4.69, 9.17) is 4.74 Å². The molecule has 2 amide bonds. The van der Waals surface area contributed by atoms with Crippen LogP contribution >= 0.6 is 0 Å². The van der Waals surface area contributed by atoms with E-state index in [0.29, 0.717) is 25.7 Å². The summed E-state index contributed by atoms with van der Waals surface area (Å²) >= 11 is 0. The van der Waals surface area contributed by atoms with Crippen LogP contribution in [-0.4, -0.2) is 48.2 Å². The third kappa shape index (κ3) is 11.2. The predicted octanol–water partition coefficient (Wildman–Crippen LogP) is 4.78. The zero-order chi connectivity index (χ0) is 29.7. The molecule has 222 valence electrons. The molecule has 7 nitrogen and oxygen atoms in total. The van der Waals surface area contributed by atoms with E-state index < -0.39 is 18.0 Å². The molecule has 1 aliphatic heterocycles. The number of ether oxygens (including phenoxy) is 1. The van der Waals surface area contributed by atoms with Gasteiger partial charge in [-0.3, -0.25) is 14.4 Å². The fourth-order valence-electron chi connectivity index (χ4n) is 5.00. The Morgan fingerprint density at radius 3 is 2.29 bits per heavy atom. The number of aliphatic hydroxyl groups excluding tert-OH is 1. The van der Waals surface area contributed by atoms with Gasteiger partial charge in [0, 0.05) is 6.42 Å². The van der Waals surface area contributed by atoms with E-state index in [2.05, 4.69) is 10.6 Å². The van der Waals surface area contributed by atoms with E-state index in [0.717, 1.165) is 24.0 Å². The van der Waals surface area contributed by atoms with Crippen LogP contribution in [0.25, 0.3) is 0 Å². The molecule has 0 aliphatic carbocycles. The van der Waals surface area contributed by atoms with Crippen molar-refractivity contribution < 1.29 is 24.2 Å². The second-order valence-corrected chi connectivity index (χ2v) is 12.1. The van der Waals surface area contributed by atoms with Crippen molar-refractivity contribution in [3.63, 3.8) is 0 Å². The number of amides is 2. The number of hydrogen-bond acceptors (Lipinski definition) is 5. The average Bonchev–Trinajstić information content (AvgIpc) is 2.95. The number of carbonyl (C=O) groups excluding carboxylic acids is 3. The van der Waals surface area contributed by atoms with Crippen molar-refractivity contribution in [3.8, 4) is 0 Å². The maximum Gasteiger partial charge on any atom is 0.309 e. The molecule has 0 fully saturated rings. The fourth-order valence-corrected chi connectivity index (χ4v) is 5.00. The largest absolute Gasteiger partial charge is 0.463 e. The van der Waals surface area contributed by atoms with Gasteiger partial charge in [-0.05, 0) is 55.1 Å². The molecular weight excluding hydrogens is 516 g/mol. The van der Waals surface area contributed by atoms with Crippen LogP contribution in [-0.2, 0) is 32.0 Å². The number of rotatable bonds is 8. The molecule has 4 atom stereocenters. The summed E-state index contributed by atoms with van der Waals surface area (Å²) in [5, 5.41) is 15.8. The highest BCUT2D eigenvalue weighted by atomic mass is 16.5. The lowest BCUT2D eigenvalue weighted by Gasteiger charge is -2.33. The van der Waals surface area contributed by atoms with E-state index >= 15 is 0 Å². The van der Waals surface area contributed by atoms with Gasteiger partial charge >= 0.3 is 5.97 Å². The van der Waals surface area contributed by atoms with Crippen LogP contribution in [0.2, 0.25) is 0 Å². The highest BCUT2D eigenvalue weighted by Gasteiger charge is 2.32. The molecule has 2 aromatic carbocycles. The number of benzene rings is 2. The molecule has 0 saturated heterocycles. The molecule has 0 bridgehead atoms. The highest BCUT2D eigenvalue weighted by molar-refractivity contribution is 5.86. The number of carbonyl (C=O) groups is 3. The van der Waals surface area contributed by atoms with Gasteiger partial charge < -0.3 is 20.5 Å². The molecule has 0 saturated carbocycles. The zero-order valence-corrected chi connectivity index (χ0v) is 24.7. The Morgan fingerprint density at radius 1 is 1.00 bits per heavy atom. The minimum atomic E-state index is -0.586. The van der Waals surface area contributed by atoms with Gasteiger partial charge in [0.1, 0.15) is 6.61 Å². The number of nitrogens with one attached hydrogen (secondary N) is 2. The molecule has 0 radical (unpaired) electrons. The van der Waals surface area contributed by atoms with Crippen LogP contribution < -0.4 is 10.6 Å². The van der Waals surface area contributed by atoms with Crippen LogP contribution in [0.1, 0.15) is 64.0 Å². The molecule has 3 rings (SSSR count). The van der Waals surface area contributed by atoms with E-state index in [1.165, 1.54) is 0 Å². The summed E-state index contributed by atoms with van der Waals surface area (Å²) in [6.07, 6.45) is 7.84. The van der Waals surface area contributed by atoms with Crippen molar-refractivity contribution in [1.82, 2.24) is 10.6 Å². The van der Waals surface area contributed by atoms with Crippen LogP contribution in [0, 0.1) is 17.3 Å². The van der Waals surface area contributed by atoms with Gasteiger partial charge in [-0.25, -0.2) is 0 Å². The van der Waals surface area contributed by atoms with Crippen molar-refractivity contribution >= 4 is 17.8 Å². The van der Waals surface area contributed by atoms with Crippen LogP contribution in [0.3, 0.4) is 0 Å². The number of cyclic esters (lactones) is 1. The van der Waals surface area contributed by atoms with Crippen molar-refractivity contribution in [2.75, 3.05) is 13.2 Å². The smallest absolute Gasteiger partial charge is 0.309 e. The second kappa shape index (κ2) is 16.1. The van der Waals surface area contributed by atoms with Crippen molar-refractivity contribution in [1.29, 1.82) is 0 Å². The lowest BCUT2D eigenvalue weighted by atomic mass is 9.86. The first-order valence-corrected chi connectivity index (χ1v) is 14.8. The maximum absolute atomic E-state index is 13.5. The standard InChI is InChI=1S/C34H46N2O5/c1-34(2,3)30-24-41-33(40)28(20-25-14-8-6-9-15-25)19-13-5-4-12-18-27(32(39)36-30)22-31(38)35-29(23-37)21-26-16-10-7-11-17-26/h4,6-12,14-17,27-30,37H,5,13,18-24H2,1-3H3,(H,35,38)(H,36,39)/t27-,28-,29+,30-/m1/s1. The van der Waals surface area contributed by atoms with Gasteiger partial charge in [-0.1, -0.05) is 93.6 Å². The summed E-state index contributed by atoms with van der Waals surface area (Å²) in [6, 6.07) is 18.8. The Balaban J connectivity index is 1.70. The van der Waals surface area contributed by atoms with Crippen molar-refractivity contribution in [2.24, 2.45) is 17.3 Å². The Labute approximate surface area is 244 Å². The molecule has 0 spiro atoms. The first-order chi connectivity index (χ1) is 19.7. The summed E-state index contributed by atoms with van der Waals surface area (Å²) < 4.78 is 5.82. The summed E-state index contributed by atoms with van der Waals surface area (Å²) in [5.41, 5.74) is 1.74. The molecular formula is C34H46N2O5. The van der Waals surface area contributed by atoms with Gasteiger partial charge in [-0.15, -0.1) is 0 Å². The molecule has 3 N–H and O–H groups in total. The molecule has 2 aromatic rings. The van der Waals surface area contributed by atoms with Gasteiger partial charge in [0.05, 0.1) is 30.5 Å². The SMILES string of the molecule is CC(C)(C)[C@H]1COC(=O)[C@@H](Cc2ccccc2)CCCC=CC[C@H](CC(=O)N[C@H](CO)Cc2ccccc2)C(=O)N1. The predicted molar refractivity (Wildman–Crippen MR) is 161 cm³/mol. The van der Waals surface area contributed by atoms with Crippen molar-refractivity contribution in [3.05, 3.63) is 83.9 Å². The summed E-state index contributed by atoms with van der Waals surface area (Å²) in [7, 11) is 0. The van der Waals surface area contributed by atoms with E-state index in [9.17, 15) is 19.5 Å². The van der Waals surface area contributed by atoms with E-state index in [1.807, 2.05) is 93.6 Å².